The smallest absolute Gasteiger partial charge is 0.381 e. The molecule has 0 amide bonds. The monoisotopic (exact) mass is 350 g/mol. The molecule has 2 nitrogen and oxygen atoms in total. The highest BCUT2D eigenvalue weighted by molar-refractivity contribution is 9.10. The van der Waals surface area contributed by atoms with Crippen molar-refractivity contribution in [1.29, 1.82) is 0 Å². The first-order valence-electron chi connectivity index (χ1n) is 6.64. The van der Waals surface area contributed by atoms with Crippen LogP contribution in [0.25, 0.3) is 0 Å². The average Bonchev–Trinajstić information content (AvgIpc) is 2.79. The Morgan fingerprint density at radius 1 is 1.35 bits per heavy atom. The molecular formula is C14H18BrF3N2. The van der Waals surface area contributed by atoms with Crippen LogP contribution in [0.5, 0.6) is 0 Å². The Balaban J connectivity index is 2.08. The Kier molecular flexibility index (Phi) is 4.64. The zero-order valence-corrected chi connectivity index (χ0v) is 13.1. The lowest BCUT2D eigenvalue weighted by molar-refractivity contribution is -0.138. The first-order valence-corrected chi connectivity index (χ1v) is 7.44. The summed E-state index contributed by atoms with van der Waals surface area (Å²) >= 11 is 2.95. The van der Waals surface area contributed by atoms with Crippen molar-refractivity contribution in [1.82, 2.24) is 4.90 Å². The van der Waals surface area contributed by atoms with E-state index in [0.717, 1.165) is 19.5 Å². The third-order valence-corrected chi connectivity index (χ3v) is 4.28. The predicted molar refractivity (Wildman–Crippen MR) is 77.9 cm³/mol. The molecule has 112 valence electrons. The maximum atomic E-state index is 12.8. The molecule has 1 unspecified atom stereocenters. The number of nitrogens with one attached hydrogen (secondary N) is 1. The SMILES string of the molecule is CC(C)N1CCC(Nc2ccc(Br)c(C(F)(F)F)c2)C1. The summed E-state index contributed by atoms with van der Waals surface area (Å²) in [6.07, 6.45) is -3.38. The molecule has 20 heavy (non-hydrogen) atoms. The van der Waals surface area contributed by atoms with Crippen molar-refractivity contribution in [2.24, 2.45) is 0 Å². The lowest BCUT2D eigenvalue weighted by atomic mass is 10.1. The van der Waals surface area contributed by atoms with Gasteiger partial charge in [0.15, 0.2) is 0 Å². The number of hydrogen-bond acceptors (Lipinski definition) is 2. The van der Waals surface area contributed by atoms with Crippen LogP contribution in [0, 0.1) is 0 Å². The quantitative estimate of drug-likeness (QED) is 0.870. The van der Waals surface area contributed by atoms with Crippen molar-refractivity contribution in [2.45, 2.75) is 38.5 Å². The van der Waals surface area contributed by atoms with E-state index in [2.05, 4.69) is 40.0 Å². The Labute approximate surface area is 125 Å². The van der Waals surface area contributed by atoms with Gasteiger partial charge in [-0.3, -0.25) is 4.90 Å². The zero-order valence-electron chi connectivity index (χ0n) is 11.5. The summed E-state index contributed by atoms with van der Waals surface area (Å²) in [7, 11) is 0. The highest BCUT2D eigenvalue weighted by Gasteiger charge is 2.33. The zero-order chi connectivity index (χ0) is 14.9. The molecule has 1 saturated heterocycles. The van der Waals surface area contributed by atoms with Crippen LogP contribution in [-0.2, 0) is 6.18 Å². The molecule has 0 radical (unpaired) electrons. The van der Waals surface area contributed by atoms with E-state index in [9.17, 15) is 13.2 Å². The molecule has 2 rings (SSSR count). The number of anilines is 1. The van der Waals surface area contributed by atoms with Crippen molar-refractivity contribution in [2.75, 3.05) is 18.4 Å². The first-order chi connectivity index (χ1) is 9.27. The minimum atomic E-state index is -4.34. The second-order valence-corrected chi connectivity index (χ2v) is 6.27. The maximum Gasteiger partial charge on any atom is 0.417 e. The van der Waals surface area contributed by atoms with Gasteiger partial charge in [-0.25, -0.2) is 0 Å². The molecule has 1 aliphatic heterocycles. The summed E-state index contributed by atoms with van der Waals surface area (Å²) in [6.45, 7) is 6.11. The van der Waals surface area contributed by atoms with Crippen LogP contribution in [0.15, 0.2) is 22.7 Å². The van der Waals surface area contributed by atoms with Gasteiger partial charge in [-0.05, 0) is 38.5 Å². The minimum absolute atomic E-state index is 0.0748. The van der Waals surface area contributed by atoms with E-state index in [1.165, 1.54) is 12.1 Å². The van der Waals surface area contributed by atoms with Gasteiger partial charge in [0.1, 0.15) is 0 Å². The fraction of sp³-hybridized carbons (Fsp3) is 0.571. The highest BCUT2D eigenvalue weighted by atomic mass is 79.9. The summed E-state index contributed by atoms with van der Waals surface area (Å²) in [6, 6.07) is 4.97. The Morgan fingerprint density at radius 3 is 2.60 bits per heavy atom. The summed E-state index contributed by atoms with van der Waals surface area (Å²) < 4.78 is 38.6. The van der Waals surface area contributed by atoms with Gasteiger partial charge in [0.05, 0.1) is 5.56 Å². The minimum Gasteiger partial charge on any atom is -0.381 e. The summed E-state index contributed by atoms with van der Waals surface area (Å²) in [5, 5.41) is 3.20. The molecule has 6 heteroatoms. The molecule has 1 aliphatic rings. The van der Waals surface area contributed by atoms with Crippen LogP contribution in [0.4, 0.5) is 18.9 Å². The van der Waals surface area contributed by atoms with Gasteiger partial charge >= 0.3 is 6.18 Å². The third kappa shape index (κ3) is 3.67. The topological polar surface area (TPSA) is 15.3 Å². The van der Waals surface area contributed by atoms with Gasteiger partial charge in [0, 0.05) is 35.3 Å². The number of alkyl halides is 3. The maximum absolute atomic E-state index is 12.8. The summed E-state index contributed by atoms with van der Waals surface area (Å²) in [5.74, 6) is 0. The number of rotatable bonds is 3. The predicted octanol–water partition coefficient (Wildman–Crippen LogP) is 4.36. The van der Waals surface area contributed by atoms with E-state index in [0.29, 0.717) is 11.7 Å². The molecule has 0 bridgehead atoms. The molecule has 1 fully saturated rings. The number of nitrogens with zero attached hydrogens (tertiary/aromatic N) is 1. The van der Waals surface area contributed by atoms with E-state index in [-0.39, 0.29) is 10.5 Å². The van der Waals surface area contributed by atoms with E-state index in [1.54, 1.807) is 6.07 Å². The fourth-order valence-electron chi connectivity index (χ4n) is 2.44. The largest absolute Gasteiger partial charge is 0.417 e. The van der Waals surface area contributed by atoms with E-state index in [1.807, 2.05) is 0 Å². The summed E-state index contributed by atoms with van der Waals surface area (Å²) in [4.78, 5) is 2.32. The van der Waals surface area contributed by atoms with Crippen molar-refractivity contribution < 1.29 is 13.2 Å². The van der Waals surface area contributed by atoms with Gasteiger partial charge in [-0.2, -0.15) is 13.2 Å². The van der Waals surface area contributed by atoms with Crippen LogP contribution in [-0.4, -0.2) is 30.1 Å². The van der Waals surface area contributed by atoms with Gasteiger partial charge < -0.3 is 5.32 Å². The molecule has 1 atom stereocenters. The van der Waals surface area contributed by atoms with E-state index >= 15 is 0 Å². The lowest BCUT2D eigenvalue weighted by Crippen LogP contribution is -2.31. The van der Waals surface area contributed by atoms with Crippen LogP contribution in [0.2, 0.25) is 0 Å². The number of benzene rings is 1. The van der Waals surface area contributed by atoms with E-state index < -0.39 is 11.7 Å². The second-order valence-electron chi connectivity index (χ2n) is 5.41. The third-order valence-electron chi connectivity index (χ3n) is 3.59. The van der Waals surface area contributed by atoms with Crippen LogP contribution in [0.1, 0.15) is 25.8 Å². The standard InChI is InChI=1S/C14H18BrF3N2/c1-9(2)20-6-5-11(8-20)19-10-3-4-13(15)12(7-10)14(16,17)18/h3-4,7,9,11,19H,5-6,8H2,1-2H3. The van der Waals surface area contributed by atoms with Crippen molar-refractivity contribution in [3.8, 4) is 0 Å². The normalized spacial score (nSPS) is 20.6. The fourth-order valence-corrected chi connectivity index (χ4v) is 2.91. The number of hydrogen-bond donors (Lipinski definition) is 1. The molecule has 1 aromatic rings. The molecular weight excluding hydrogens is 333 g/mol. The molecule has 1 aromatic carbocycles. The lowest BCUT2D eigenvalue weighted by Gasteiger charge is -2.21. The van der Waals surface area contributed by atoms with Gasteiger partial charge in [0.25, 0.3) is 0 Å². The van der Waals surface area contributed by atoms with Gasteiger partial charge in [0.2, 0.25) is 0 Å². The van der Waals surface area contributed by atoms with Gasteiger partial charge in [-0.1, -0.05) is 15.9 Å². The van der Waals surface area contributed by atoms with Crippen LogP contribution >= 0.6 is 15.9 Å². The molecule has 0 saturated carbocycles. The Morgan fingerprint density at radius 2 is 2.05 bits per heavy atom. The highest BCUT2D eigenvalue weighted by Crippen LogP contribution is 2.36. The number of likely N-dealkylation sites (tertiary alicyclic amines) is 1. The van der Waals surface area contributed by atoms with Crippen molar-refractivity contribution in [3.05, 3.63) is 28.2 Å². The summed E-state index contributed by atoms with van der Waals surface area (Å²) in [5.41, 5.74) is -0.114. The molecule has 0 spiro atoms. The van der Waals surface area contributed by atoms with Crippen LogP contribution in [0.3, 0.4) is 0 Å². The Hall–Kier alpha value is -0.750. The Bertz CT molecular complexity index is 474. The molecule has 0 aromatic heterocycles. The average molecular weight is 351 g/mol. The first kappa shape index (κ1) is 15.6. The molecule has 0 aliphatic carbocycles. The van der Waals surface area contributed by atoms with Crippen LogP contribution < -0.4 is 5.32 Å². The second kappa shape index (κ2) is 5.93. The number of halogens is 4. The van der Waals surface area contributed by atoms with Crippen molar-refractivity contribution >= 4 is 21.6 Å². The van der Waals surface area contributed by atoms with Gasteiger partial charge in [-0.15, -0.1) is 0 Å². The molecule has 1 heterocycles. The van der Waals surface area contributed by atoms with Crippen molar-refractivity contribution in [3.63, 3.8) is 0 Å². The molecule has 1 N–H and O–H groups in total. The van der Waals surface area contributed by atoms with E-state index in [4.69, 9.17) is 0 Å².